The number of carbonyl (C=O) groups is 1. The van der Waals surface area contributed by atoms with Crippen molar-refractivity contribution in [2.45, 2.75) is 82.6 Å². The van der Waals surface area contributed by atoms with Crippen LogP contribution in [0.3, 0.4) is 0 Å². The monoisotopic (exact) mass is 596 g/mol. The number of ether oxygens (including phenoxy) is 6. The van der Waals surface area contributed by atoms with Gasteiger partial charge >= 0.3 is 0 Å². The second kappa shape index (κ2) is 11.8. The summed E-state index contributed by atoms with van der Waals surface area (Å²) in [7, 11) is 4.66. The Morgan fingerprint density at radius 3 is 2.18 bits per heavy atom. The summed E-state index contributed by atoms with van der Waals surface area (Å²) in [4.78, 5) is 13.5. The van der Waals surface area contributed by atoms with Gasteiger partial charge in [-0.15, -0.1) is 0 Å². The maximum absolute atomic E-state index is 13.5. The number of methoxy groups -OCH3 is 3. The Morgan fingerprint density at radius 2 is 1.61 bits per heavy atom. The van der Waals surface area contributed by atoms with Crippen molar-refractivity contribution in [1.29, 1.82) is 0 Å². The van der Waals surface area contributed by atoms with Crippen LogP contribution in [0.4, 0.5) is 0 Å². The molecule has 0 saturated carbocycles. The van der Waals surface area contributed by atoms with E-state index in [2.05, 4.69) is 22.6 Å². The average molecular weight is 596 g/mol. The predicted molar refractivity (Wildman–Crippen MR) is 133 cm³/mol. The van der Waals surface area contributed by atoms with Crippen molar-refractivity contribution in [1.82, 2.24) is 0 Å². The molecule has 0 radical (unpaired) electrons. The van der Waals surface area contributed by atoms with E-state index in [0.717, 1.165) is 22.0 Å². The quantitative estimate of drug-likeness (QED) is 0.463. The molecule has 2 heterocycles. The largest absolute Gasteiger partial charge is 0.492 e. The topological polar surface area (TPSA) is 92.7 Å². The molecular weight excluding hydrogens is 563 g/mol. The molecule has 8 nitrogen and oxygen atoms in total. The van der Waals surface area contributed by atoms with Crippen LogP contribution >= 0.6 is 34.4 Å². The lowest BCUT2D eigenvalue weighted by Gasteiger charge is -2.33. The second-order valence-corrected chi connectivity index (χ2v) is 10.6. The fraction of sp³-hybridized carbons (Fsp3) is 0.696. The van der Waals surface area contributed by atoms with E-state index >= 15 is 0 Å². The van der Waals surface area contributed by atoms with Crippen LogP contribution in [0.1, 0.15) is 55.5 Å². The van der Waals surface area contributed by atoms with Crippen LogP contribution in [0, 0.1) is 10.5 Å². The molecule has 6 atom stereocenters. The number of thioether (sulfide) groups is 1. The molecule has 2 fully saturated rings. The van der Waals surface area contributed by atoms with Gasteiger partial charge in [-0.3, -0.25) is 4.79 Å². The third-order valence-electron chi connectivity index (χ3n) is 6.11. The number of hydrogen-bond acceptors (Lipinski definition) is 9. The molecular formula is C23H33IO8S. The van der Waals surface area contributed by atoms with Crippen LogP contribution in [0.2, 0.25) is 0 Å². The van der Waals surface area contributed by atoms with Gasteiger partial charge in [0.25, 0.3) is 0 Å². The number of rotatable bonds is 7. The maximum atomic E-state index is 13.5. The summed E-state index contributed by atoms with van der Waals surface area (Å²) in [5, 5.41) is 9.85. The van der Waals surface area contributed by atoms with Gasteiger partial charge in [0, 0.05) is 18.8 Å². The van der Waals surface area contributed by atoms with Gasteiger partial charge in [0.15, 0.2) is 17.8 Å². The van der Waals surface area contributed by atoms with Crippen molar-refractivity contribution < 1.29 is 38.3 Å². The molecule has 0 unspecified atom stereocenters. The van der Waals surface area contributed by atoms with E-state index in [1.807, 2.05) is 20.8 Å². The fourth-order valence-corrected chi connectivity index (χ4v) is 5.90. The number of halogens is 1. The van der Waals surface area contributed by atoms with Crippen LogP contribution in [-0.2, 0) is 14.2 Å². The number of aliphatic hydroxyl groups excluding tert-OH is 1. The number of carbonyl (C=O) groups excluding carboxylic acids is 1. The molecule has 3 rings (SSSR count). The van der Waals surface area contributed by atoms with Crippen molar-refractivity contribution in [3.8, 4) is 17.2 Å². The molecule has 0 aliphatic carbocycles. The molecule has 186 valence electrons. The zero-order chi connectivity index (χ0) is 24.3. The summed E-state index contributed by atoms with van der Waals surface area (Å²) >= 11 is 3.42. The Labute approximate surface area is 213 Å². The van der Waals surface area contributed by atoms with Gasteiger partial charge in [0.05, 0.1) is 41.7 Å². The zero-order valence-electron chi connectivity index (χ0n) is 19.9. The van der Waals surface area contributed by atoms with Crippen molar-refractivity contribution in [2.75, 3.05) is 21.3 Å². The van der Waals surface area contributed by atoms with Crippen molar-refractivity contribution in [3.63, 3.8) is 0 Å². The third-order valence-corrected chi connectivity index (χ3v) is 8.75. The summed E-state index contributed by atoms with van der Waals surface area (Å²) in [6.45, 7) is 5.65. The van der Waals surface area contributed by atoms with E-state index in [0.29, 0.717) is 35.7 Å². The minimum atomic E-state index is -0.528. The molecule has 2 aliphatic rings. The van der Waals surface area contributed by atoms with E-state index in [1.165, 1.54) is 26.0 Å². The van der Waals surface area contributed by atoms with Gasteiger partial charge < -0.3 is 33.5 Å². The van der Waals surface area contributed by atoms with E-state index in [4.69, 9.17) is 28.4 Å². The predicted octanol–water partition coefficient (Wildman–Crippen LogP) is 4.29. The summed E-state index contributed by atoms with van der Waals surface area (Å²) in [5.41, 5.74) is 1.22. The van der Waals surface area contributed by atoms with Crippen LogP contribution in [0.5, 0.6) is 17.2 Å². The third kappa shape index (κ3) is 5.90. The standard InChI is InChI=1S/C23H33IO8S/c1-11-18(23(26)33-15-8-10-16(27-4)31-13(15)3)20(28-5)22(29-6)21(19(11)24)32-17-9-7-14(25)12(2)30-17/h12-17,25H,7-10H2,1-6H3/t12-,13+,14+,15-,16+,17-/m0/s1. The van der Waals surface area contributed by atoms with Crippen LogP contribution in [0.15, 0.2) is 0 Å². The Balaban J connectivity index is 1.88. The van der Waals surface area contributed by atoms with E-state index in [9.17, 15) is 9.90 Å². The van der Waals surface area contributed by atoms with Gasteiger partial charge in [-0.2, -0.15) is 0 Å². The molecule has 0 spiro atoms. The summed E-state index contributed by atoms with van der Waals surface area (Å²) in [5.74, 6) is 1.16. The fourth-order valence-electron chi connectivity index (χ4n) is 4.11. The van der Waals surface area contributed by atoms with Crippen LogP contribution in [0.25, 0.3) is 0 Å². The SMILES string of the molecule is COc1c(O[C@H]2CC[C@@H](O)[C@H](C)O2)c(I)c(C)c(C(=O)S[C@H]2CC[C@H](OC)O[C@@H]2C)c1OC. The zero-order valence-corrected chi connectivity index (χ0v) is 22.9. The first-order valence-corrected chi connectivity index (χ1v) is 13.0. The van der Waals surface area contributed by atoms with Gasteiger partial charge in [-0.1, -0.05) is 11.8 Å². The highest BCUT2D eigenvalue weighted by atomic mass is 127. The van der Waals surface area contributed by atoms with Crippen molar-refractivity contribution >= 4 is 39.5 Å². The summed E-state index contributed by atoms with van der Waals surface area (Å²) in [6, 6.07) is 0. The number of aliphatic hydroxyl groups is 1. The Kier molecular flexibility index (Phi) is 9.56. The molecule has 2 aliphatic heterocycles. The van der Waals surface area contributed by atoms with E-state index in [-0.39, 0.29) is 28.9 Å². The maximum Gasteiger partial charge on any atom is 0.223 e. The summed E-state index contributed by atoms with van der Waals surface area (Å²) in [6.07, 6.45) is 0.971. The molecule has 1 aromatic rings. The van der Waals surface area contributed by atoms with Crippen molar-refractivity contribution in [3.05, 3.63) is 14.7 Å². The lowest BCUT2D eigenvalue weighted by Crippen LogP contribution is -2.39. The molecule has 1 aromatic carbocycles. The highest BCUT2D eigenvalue weighted by molar-refractivity contribution is 14.1. The van der Waals surface area contributed by atoms with E-state index < -0.39 is 12.4 Å². The smallest absolute Gasteiger partial charge is 0.223 e. The van der Waals surface area contributed by atoms with Gasteiger partial charge in [0.1, 0.15) is 0 Å². The minimum Gasteiger partial charge on any atom is -0.492 e. The molecule has 0 aromatic heterocycles. The summed E-state index contributed by atoms with van der Waals surface area (Å²) < 4.78 is 35.2. The first-order valence-electron chi connectivity index (χ1n) is 11.0. The van der Waals surface area contributed by atoms with Crippen LogP contribution in [-0.4, -0.2) is 67.7 Å². The van der Waals surface area contributed by atoms with Crippen molar-refractivity contribution in [2.24, 2.45) is 0 Å². The molecule has 10 heteroatoms. The first-order chi connectivity index (χ1) is 15.7. The van der Waals surface area contributed by atoms with Gasteiger partial charge in [0.2, 0.25) is 17.2 Å². The molecule has 1 N–H and O–H groups in total. The van der Waals surface area contributed by atoms with Gasteiger partial charge in [-0.05, 0) is 68.2 Å². The Hall–Kier alpha value is -0.790. The Bertz CT molecular complexity index is 850. The number of benzene rings is 1. The molecule has 33 heavy (non-hydrogen) atoms. The van der Waals surface area contributed by atoms with Gasteiger partial charge in [-0.25, -0.2) is 0 Å². The molecule has 0 amide bonds. The average Bonchev–Trinajstić information content (AvgIpc) is 2.80. The molecule has 0 bridgehead atoms. The highest BCUT2D eigenvalue weighted by Gasteiger charge is 2.35. The first kappa shape index (κ1) is 26.8. The lowest BCUT2D eigenvalue weighted by atomic mass is 10.1. The lowest BCUT2D eigenvalue weighted by molar-refractivity contribution is -0.180. The second-order valence-electron chi connectivity index (χ2n) is 8.27. The normalized spacial score (nSPS) is 30.1. The molecule has 2 saturated heterocycles. The van der Waals surface area contributed by atoms with Crippen LogP contribution < -0.4 is 14.2 Å². The minimum absolute atomic E-state index is 0.0103. The van der Waals surface area contributed by atoms with E-state index in [1.54, 1.807) is 7.11 Å². The number of hydrogen-bond donors (Lipinski definition) is 1. The highest BCUT2D eigenvalue weighted by Crippen LogP contribution is 2.48. The Morgan fingerprint density at radius 1 is 0.970 bits per heavy atom.